The third-order valence-electron chi connectivity index (χ3n) is 3.92. The van der Waals surface area contributed by atoms with Crippen LogP contribution in [0.1, 0.15) is 5.56 Å². The van der Waals surface area contributed by atoms with Crippen molar-refractivity contribution in [3.8, 4) is 0 Å². The molecule has 2 aliphatic heterocycles. The number of hydrogen-bond acceptors (Lipinski definition) is 6. The summed E-state index contributed by atoms with van der Waals surface area (Å²) in [5, 5.41) is 0.398. The van der Waals surface area contributed by atoms with Crippen molar-refractivity contribution in [2.75, 3.05) is 16.4 Å². The number of carbonyl (C=O) groups excluding carboxylic acids is 2. The van der Waals surface area contributed by atoms with Crippen molar-refractivity contribution >= 4 is 52.2 Å². The van der Waals surface area contributed by atoms with Crippen LogP contribution >= 0.6 is 23.5 Å². The molecule has 5 nitrogen and oxygen atoms in total. The van der Waals surface area contributed by atoms with Gasteiger partial charge in [-0.15, -0.1) is 23.5 Å². The first-order valence-corrected chi connectivity index (χ1v) is 9.10. The molecule has 0 spiro atoms. The summed E-state index contributed by atoms with van der Waals surface area (Å²) in [6.07, 6.45) is 1.69. The zero-order valence-electron chi connectivity index (χ0n) is 11.9. The van der Waals surface area contributed by atoms with Crippen molar-refractivity contribution in [3.05, 3.63) is 30.0 Å². The summed E-state index contributed by atoms with van der Waals surface area (Å²) in [5.41, 5.74) is 1.64. The Morgan fingerprint density at radius 3 is 2.45 bits per heavy atom. The highest BCUT2D eigenvalue weighted by atomic mass is 32.2. The Morgan fingerprint density at radius 2 is 1.77 bits per heavy atom. The smallest absolute Gasteiger partial charge is 0.249 e. The van der Waals surface area contributed by atoms with Crippen molar-refractivity contribution in [3.63, 3.8) is 0 Å². The van der Waals surface area contributed by atoms with Crippen LogP contribution in [0.4, 0.5) is 5.82 Å². The minimum absolute atomic E-state index is 0.147. The van der Waals surface area contributed by atoms with Crippen molar-refractivity contribution < 1.29 is 9.59 Å². The van der Waals surface area contributed by atoms with Crippen LogP contribution in [0.25, 0.3) is 11.0 Å². The van der Waals surface area contributed by atoms with Crippen molar-refractivity contribution in [1.29, 1.82) is 0 Å². The number of aryl methyl sites for hydroxylation is 1. The van der Waals surface area contributed by atoms with Gasteiger partial charge in [0.25, 0.3) is 0 Å². The molecule has 4 heterocycles. The lowest BCUT2D eigenvalue weighted by molar-refractivity contribution is -0.121. The number of imide groups is 1. The molecule has 0 radical (unpaired) electrons. The molecule has 4 rings (SSSR count). The van der Waals surface area contributed by atoms with Gasteiger partial charge >= 0.3 is 0 Å². The van der Waals surface area contributed by atoms with Crippen molar-refractivity contribution in [2.24, 2.45) is 0 Å². The molecule has 22 heavy (non-hydrogen) atoms. The number of pyridine rings is 2. The van der Waals surface area contributed by atoms with Gasteiger partial charge in [-0.3, -0.25) is 9.59 Å². The van der Waals surface area contributed by atoms with Crippen LogP contribution in [0, 0.1) is 6.92 Å². The Labute approximate surface area is 135 Å². The summed E-state index contributed by atoms with van der Waals surface area (Å²) in [5.74, 6) is 1.91. The van der Waals surface area contributed by atoms with Crippen LogP contribution in [0.5, 0.6) is 0 Å². The lowest BCUT2D eigenvalue weighted by Crippen LogP contribution is -2.32. The van der Waals surface area contributed by atoms with E-state index in [0.717, 1.165) is 22.5 Å². The molecule has 0 saturated carbocycles. The first-order valence-electron chi connectivity index (χ1n) is 7.00. The van der Waals surface area contributed by atoms with Gasteiger partial charge in [-0.25, -0.2) is 14.9 Å². The van der Waals surface area contributed by atoms with E-state index in [9.17, 15) is 9.59 Å². The summed E-state index contributed by atoms with van der Waals surface area (Å²) >= 11 is 3.15. The maximum absolute atomic E-state index is 12.6. The van der Waals surface area contributed by atoms with E-state index in [1.165, 1.54) is 4.90 Å². The van der Waals surface area contributed by atoms with E-state index >= 15 is 0 Å². The van der Waals surface area contributed by atoms with E-state index in [1.807, 2.05) is 19.1 Å². The van der Waals surface area contributed by atoms with Crippen LogP contribution in [0.15, 0.2) is 24.4 Å². The predicted molar refractivity (Wildman–Crippen MR) is 89.3 cm³/mol. The maximum atomic E-state index is 12.6. The lowest BCUT2D eigenvalue weighted by atomic mass is 10.2. The number of nitrogens with zero attached hydrogens (tertiary/aromatic N) is 3. The van der Waals surface area contributed by atoms with Gasteiger partial charge in [-0.1, -0.05) is 0 Å². The van der Waals surface area contributed by atoms with Gasteiger partial charge in [0.05, 0.1) is 0 Å². The number of aromatic nitrogens is 2. The first kappa shape index (κ1) is 14.0. The molecule has 2 aromatic heterocycles. The van der Waals surface area contributed by atoms with Gasteiger partial charge in [0, 0.05) is 23.1 Å². The summed E-state index contributed by atoms with van der Waals surface area (Å²) in [4.78, 5) is 35.0. The molecule has 2 saturated heterocycles. The minimum Gasteiger partial charge on any atom is -0.273 e. The highest BCUT2D eigenvalue weighted by Gasteiger charge is 2.50. The molecule has 112 valence electrons. The quantitative estimate of drug-likeness (QED) is 0.745. The topological polar surface area (TPSA) is 63.2 Å². The Morgan fingerprint density at radius 1 is 1.09 bits per heavy atom. The molecular weight excluding hydrogens is 318 g/mol. The van der Waals surface area contributed by atoms with E-state index < -0.39 is 0 Å². The van der Waals surface area contributed by atoms with E-state index in [-0.39, 0.29) is 22.3 Å². The molecule has 2 unspecified atom stereocenters. The third-order valence-corrected chi connectivity index (χ3v) is 6.89. The Balaban J connectivity index is 1.78. The third kappa shape index (κ3) is 2.03. The number of hydrogen-bond donors (Lipinski definition) is 0. The number of rotatable bonds is 1. The molecule has 0 bridgehead atoms. The fourth-order valence-electron chi connectivity index (χ4n) is 2.79. The predicted octanol–water partition coefficient (Wildman–Crippen LogP) is 2.03. The van der Waals surface area contributed by atoms with Crippen LogP contribution in [0.2, 0.25) is 0 Å². The summed E-state index contributed by atoms with van der Waals surface area (Å²) in [6.45, 7) is 1.99. The molecule has 7 heteroatoms. The minimum atomic E-state index is -0.269. The molecule has 2 amide bonds. The number of thioether (sulfide) groups is 2. The van der Waals surface area contributed by atoms with Crippen molar-refractivity contribution in [2.45, 2.75) is 17.4 Å². The number of anilines is 1. The van der Waals surface area contributed by atoms with Gasteiger partial charge in [-0.05, 0) is 30.7 Å². The average Bonchev–Trinajstić information content (AvgIpc) is 2.79. The summed E-state index contributed by atoms with van der Waals surface area (Å²) in [6, 6.07) is 5.53. The molecule has 0 aromatic carbocycles. The second kappa shape index (κ2) is 5.24. The molecule has 0 aliphatic carbocycles. The molecular formula is C15H13N3O2S2. The Bertz CT molecular complexity index is 771. The number of fused-ring (bicyclic) bond motifs is 2. The number of carbonyl (C=O) groups is 2. The van der Waals surface area contributed by atoms with Crippen LogP contribution in [-0.4, -0.2) is 43.8 Å². The fourth-order valence-corrected chi connectivity index (χ4v) is 5.62. The molecule has 0 N–H and O–H groups in total. The van der Waals surface area contributed by atoms with Gasteiger partial charge in [0.1, 0.15) is 16.3 Å². The lowest BCUT2D eigenvalue weighted by Gasteiger charge is -2.19. The van der Waals surface area contributed by atoms with Crippen LogP contribution in [0.3, 0.4) is 0 Å². The second-order valence-corrected chi connectivity index (χ2v) is 7.76. The number of amides is 2. The van der Waals surface area contributed by atoms with Gasteiger partial charge < -0.3 is 0 Å². The average molecular weight is 331 g/mol. The zero-order chi connectivity index (χ0) is 15.3. The van der Waals surface area contributed by atoms with E-state index in [4.69, 9.17) is 0 Å². The Kier molecular flexibility index (Phi) is 3.34. The highest BCUT2D eigenvalue weighted by Crippen LogP contribution is 2.39. The highest BCUT2D eigenvalue weighted by molar-refractivity contribution is 8.08. The van der Waals surface area contributed by atoms with Gasteiger partial charge in [0.15, 0.2) is 5.65 Å². The molecule has 2 atom stereocenters. The molecule has 2 aromatic rings. The molecule has 2 aliphatic rings. The summed E-state index contributed by atoms with van der Waals surface area (Å²) in [7, 11) is 0. The summed E-state index contributed by atoms with van der Waals surface area (Å²) < 4.78 is 0. The standard InChI is InChI=1S/C15H13N3O2S2/c1-8-4-5-16-13-9(8)2-3-10(17-13)18-14(19)11-12(15(18)20)22-7-6-21-11/h2-5,11-12H,6-7H2,1H3. The van der Waals surface area contributed by atoms with Crippen LogP contribution < -0.4 is 4.90 Å². The van der Waals surface area contributed by atoms with Crippen LogP contribution in [-0.2, 0) is 9.59 Å². The zero-order valence-corrected chi connectivity index (χ0v) is 13.5. The maximum Gasteiger partial charge on any atom is 0.249 e. The normalized spacial score (nSPS) is 24.9. The van der Waals surface area contributed by atoms with E-state index in [1.54, 1.807) is 35.8 Å². The SMILES string of the molecule is Cc1ccnc2nc(N3C(=O)C4SCCSC4C3=O)ccc12. The Hall–Kier alpha value is -1.60. The van der Waals surface area contributed by atoms with E-state index in [2.05, 4.69) is 9.97 Å². The first-order chi connectivity index (χ1) is 10.7. The second-order valence-electron chi connectivity index (χ2n) is 5.26. The van der Waals surface area contributed by atoms with Gasteiger partial charge in [-0.2, -0.15) is 0 Å². The fraction of sp³-hybridized carbons (Fsp3) is 0.333. The van der Waals surface area contributed by atoms with Gasteiger partial charge in [0.2, 0.25) is 11.8 Å². The molecule has 2 fully saturated rings. The monoisotopic (exact) mass is 331 g/mol. The largest absolute Gasteiger partial charge is 0.273 e. The van der Waals surface area contributed by atoms with E-state index in [0.29, 0.717) is 11.5 Å². The van der Waals surface area contributed by atoms with Crippen molar-refractivity contribution in [1.82, 2.24) is 9.97 Å².